The number of carbonyl (C=O) groups excluding carboxylic acids is 1. The van der Waals surface area contributed by atoms with Gasteiger partial charge in [-0.3, -0.25) is 0 Å². The number of halogens is 1. The molecule has 0 radical (unpaired) electrons. The van der Waals surface area contributed by atoms with Crippen molar-refractivity contribution in [3.8, 4) is 10.9 Å². The maximum absolute atomic E-state index is 11.5. The molecule has 1 aliphatic carbocycles. The minimum Gasteiger partial charge on any atom is -0.465 e. The number of ether oxygens (including phenoxy) is 2. The Morgan fingerprint density at radius 2 is 2.15 bits per heavy atom. The minimum atomic E-state index is -0.503. The number of fused-ring (bicyclic) bond motifs is 1. The van der Waals surface area contributed by atoms with Gasteiger partial charge in [-0.2, -0.15) is 4.98 Å². The van der Waals surface area contributed by atoms with Crippen molar-refractivity contribution in [1.82, 2.24) is 4.98 Å². The van der Waals surface area contributed by atoms with Gasteiger partial charge in [-0.05, 0) is 42.5 Å². The van der Waals surface area contributed by atoms with E-state index in [1.54, 1.807) is 0 Å². The van der Waals surface area contributed by atoms with Gasteiger partial charge in [0.1, 0.15) is 5.75 Å². The molecule has 104 valence electrons. The summed E-state index contributed by atoms with van der Waals surface area (Å²) in [5.41, 5.74) is 2.70. The predicted molar refractivity (Wildman–Crippen MR) is 77.0 cm³/mol. The molecular formula is C14H12ClNO3S. The Balaban J connectivity index is 1.83. The number of hydrogen-bond acceptors (Lipinski definition) is 5. The van der Waals surface area contributed by atoms with Gasteiger partial charge in [0.25, 0.3) is 5.19 Å². The molecule has 6 heteroatoms. The van der Waals surface area contributed by atoms with Crippen LogP contribution < -0.4 is 4.74 Å². The fourth-order valence-corrected chi connectivity index (χ4v) is 3.32. The van der Waals surface area contributed by atoms with E-state index < -0.39 is 5.97 Å². The highest BCUT2D eigenvalue weighted by atomic mass is 35.5. The highest BCUT2D eigenvalue weighted by Gasteiger charge is 2.19. The van der Waals surface area contributed by atoms with Crippen LogP contribution >= 0.6 is 22.9 Å². The van der Waals surface area contributed by atoms with E-state index in [-0.39, 0.29) is 10.0 Å². The lowest BCUT2D eigenvalue weighted by molar-refractivity contribution is 0.0606. The van der Waals surface area contributed by atoms with E-state index >= 15 is 0 Å². The molecule has 0 atom stereocenters. The highest BCUT2D eigenvalue weighted by Crippen LogP contribution is 2.34. The van der Waals surface area contributed by atoms with E-state index in [1.807, 2.05) is 12.1 Å². The van der Waals surface area contributed by atoms with E-state index in [2.05, 4.69) is 15.8 Å². The Morgan fingerprint density at radius 1 is 1.35 bits per heavy atom. The maximum atomic E-state index is 11.5. The number of aromatic nitrogens is 1. The molecule has 1 aliphatic rings. The minimum absolute atomic E-state index is 0.109. The second kappa shape index (κ2) is 5.42. The molecule has 0 saturated heterocycles. The summed E-state index contributed by atoms with van der Waals surface area (Å²) < 4.78 is 10.3. The second-order valence-electron chi connectivity index (χ2n) is 4.48. The summed E-state index contributed by atoms with van der Waals surface area (Å²) in [4.78, 5) is 15.7. The predicted octanol–water partition coefficient (Wildman–Crippen LogP) is 3.86. The molecule has 0 N–H and O–H groups in total. The Kier molecular flexibility index (Phi) is 3.63. The zero-order valence-corrected chi connectivity index (χ0v) is 12.4. The number of hydrogen-bond donors (Lipinski definition) is 0. The number of methoxy groups -OCH3 is 1. The molecule has 20 heavy (non-hydrogen) atoms. The van der Waals surface area contributed by atoms with Gasteiger partial charge in [-0.25, -0.2) is 4.79 Å². The quantitative estimate of drug-likeness (QED) is 0.808. The summed E-state index contributed by atoms with van der Waals surface area (Å²) in [5, 5.41) is 0.450. The van der Waals surface area contributed by atoms with Crippen LogP contribution in [0.5, 0.6) is 10.9 Å². The van der Waals surface area contributed by atoms with Gasteiger partial charge in [-0.1, -0.05) is 29.0 Å². The third-order valence-corrected chi connectivity index (χ3v) is 4.51. The zero-order valence-electron chi connectivity index (χ0n) is 10.8. The Labute approximate surface area is 125 Å². The van der Waals surface area contributed by atoms with E-state index in [4.69, 9.17) is 16.3 Å². The number of nitrogens with zero attached hydrogens (tertiary/aromatic N) is 1. The van der Waals surface area contributed by atoms with Crippen molar-refractivity contribution < 1.29 is 14.3 Å². The molecule has 0 unspecified atom stereocenters. The van der Waals surface area contributed by atoms with Crippen molar-refractivity contribution in [2.24, 2.45) is 0 Å². The smallest absolute Gasteiger partial charge is 0.351 e. The third kappa shape index (κ3) is 2.51. The molecule has 1 aromatic heterocycles. The number of rotatable bonds is 3. The Morgan fingerprint density at radius 3 is 2.95 bits per heavy atom. The molecule has 3 rings (SSSR count). The first kappa shape index (κ1) is 13.4. The van der Waals surface area contributed by atoms with Gasteiger partial charge in [0.15, 0.2) is 10.0 Å². The molecule has 1 aromatic carbocycles. The molecule has 1 heterocycles. The average Bonchev–Trinajstić information content (AvgIpc) is 3.04. The number of thiazole rings is 1. The fraction of sp³-hybridized carbons (Fsp3) is 0.286. The lowest BCUT2D eigenvalue weighted by Gasteiger charge is -2.04. The first-order valence-electron chi connectivity index (χ1n) is 6.21. The van der Waals surface area contributed by atoms with Gasteiger partial charge < -0.3 is 9.47 Å². The molecule has 2 aromatic rings. The summed E-state index contributed by atoms with van der Waals surface area (Å²) in [6.45, 7) is 0. The lowest BCUT2D eigenvalue weighted by Crippen LogP contribution is -1.98. The Hall–Kier alpha value is -1.59. The molecule has 0 amide bonds. The van der Waals surface area contributed by atoms with Crippen molar-refractivity contribution in [2.75, 3.05) is 7.11 Å². The van der Waals surface area contributed by atoms with Crippen LogP contribution in [0, 0.1) is 0 Å². The van der Waals surface area contributed by atoms with Gasteiger partial charge in [0.05, 0.1) is 7.11 Å². The van der Waals surface area contributed by atoms with Crippen molar-refractivity contribution in [3.05, 3.63) is 39.4 Å². The van der Waals surface area contributed by atoms with Crippen LogP contribution in [0.3, 0.4) is 0 Å². The van der Waals surface area contributed by atoms with E-state index in [0.717, 1.165) is 24.2 Å². The van der Waals surface area contributed by atoms with Crippen LogP contribution in [0.4, 0.5) is 0 Å². The first-order chi connectivity index (χ1) is 9.67. The lowest BCUT2D eigenvalue weighted by atomic mass is 10.1. The van der Waals surface area contributed by atoms with Crippen LogP contribution in [-0.4, -0.2) is 18.1 Å². The maximum Gasteiger partial charge on any atom is 0.351 e. The first-order valence-corrected chi connectivity index (χ1v) is 7.41. The van der Waals surface area contributed by atoms with E-state index in [9.17, 15) is 4.79 Å². The van der Waals surface area contributed by atoms with Gasteiger partial charge in [-0.15, -0.1) is 0 Å². The Bertz CT molecular complexity index is 668. The molecule has 0 saturated carbocycles. The SMILES string of the molecule is COC(=O)c1sc(Oc2ccc3c(c2)CCC3)nc1Cl. The van der Waals surface area contributed by atoms with Crippen LogP contribution in [0.15, 0.2) is 18.2 Å². The standard InChI is InChI=1S/C14H12ClNO3S/c1-18-13(17)11-12(15)16-14(20-11)19-10-6-5-8-3-2-4-9(8)7-10/h5-7H,2-4H2,1H3. The molecule has 0 fully saturated rings. The van der Waals surface area contributed by atoms with Crippen LogP contribution in [0.25, 0.3) is 0 Å². The van der Waals surface area contributed by atoms with E-state index in [1.165, 1.54) is 24.7 Å². The largest absolute Gasteiger partial charge is 0.465 e. The fourth-order valence-electron chi connectivity index (χ4n) is 2.26. The zero-order chi connectivity index (χ0) is 14.1. The summed E-state index contributed by atoms with van der Waals surface area (Å²) in [7, 11) is 1.30. The number of esters is 1. The van der Waals surface area contributed by atoms with Crippen molar-refractivity contribution in [3.63, 3.8) is 0 Å². The summed E-state index contributed by atoms with van der Waals surface area (Å²) in [6.07, 6.45) is 3.40. The molecule has 0 aliphatic heterocycles. The molecular weight excluding hydrogens is 298 g/mol. The van der Waals surface area contributed by atoms with Crippen molar-refractivity contribution in [2.45, 2.75) is 19.3 Å². The number of benzene rings is 1. The summed E-state index contributed by atoms with van der Waals surface area (Å²) in [6, 6.07) is 6.01. The van der Waals surface area contributed by atoms with Gasteiger partial charge in [0.2, 0.25) is 0 Å². The van der Waals surface area contributed by atoms with Crippen LogP contribution in [0.1, 0.15) is 27.2 Å². The molecule has 0 spiro atoms. The highest BCUT2D eigenvalue weighted by molar-refractivity contribution is 7.15. The number of carbonyl (C=O) groups is 1. The number of aryl methyl sites for hydroxylation is 2. The molecule has 0 bridgehead atoms. The third-order valence-electron chi connectivity index (χ3n) is 3.21. The van der Waals surface area contributed by atoms with Crippen molar-refractivity contribution >= 4 is 28.9 Å². The van der Waals surface area contributed by atoms with Crippen LogP contribution in [-0.2, 0) is 17.6 Å². The van der Waals surface area contributed by atoms with Crippen molar-refractivity contribution in [1.29, 1.82) is 0 Å². The molecule has 4 nitrogen and oxygen atoms in total. The average molecular weight is 310 g/mol. The monoisotopic (exact) mass is 309 g/mol. The normalized spacial score (nSPS) is 13.1. The second-order valence-corrected chi connectivity index (χ2v) is 5.80. The van der Waals surface area contributed by atoms with E-state index in [0.29, 0.717) is 10.9 Å². The summed E-state index contributed by atoms with van der Waals surface area (Å²) >= 11 is 6.98. The summed E-state index contributed by atoms with van der Waals surface area (Å²) in [5.74, 6) is 0.212. The van der Waals surface area contributed by atoms with Gasteiger partial charge in [0, 0.05) is 0 Å². The van der Waals surface area contributed by atoms with Gasteiger partial charge >= 0.3 is 5.97 Å². The topological polar surface area (TPSA) is 48.4 Å². The van der Waals surface area contributed by atoms with Crippen LogP contribution in [0.2, 0.25) is 5.15 Å².